The summed E-state index contributed by atoms with van der Waals surface area (Å²) in [4.78, 5) is 16.9. The van der Waals surface area contributed by atoms with Gasteiger partial charge in [-0.3, -0.25) is 9.69 Å². The van der Waals surface area contributed by atoms with E-state index in [1.54, 1.807) is 0 Å². The largest absolute Gasteiger partial charge is 0.372 e. The summed E-state index contributed by atoms with van der Waals surface area (Å²) >= 11 is 0. The van der Waals surface area contributed by atoms with Gasteiger partial charge in [-0.25, -0.2) is 0 Å². The van der Waals surface area contributed by atoms with Crippen molar-refractivity contribution in [1.82, 2.24) is 25.0 Å². The van der Waals surface area contributed by atoms with E-state index in [-0.39, 0.29) is 17.9 Å². The van der Waals surface area contributed by atoms with E-state index in [0.29, 0.717) is 0 Å². The van der Waals surface area contributed by atoms with Gasteiger partial charge >= 0.3 is 0 Å². The minimum atomic E-state index is -0.139. The maximum atomic E-state index is 12.1. The molecule has 0 saturated heterocycles. The predicted octanol–water partition coefficient (Wildman–Crippen LogP) is 3.02. The first-order valence-corrected chi connectivity index (χ1v) is 11.2. The van der Waals surface area contributed by atoms with Crippen LogP contribution in [-0.4, -0.2) is 51.8 Å². The lowest BCUT2D eigenvalue weighted by molar-refractivity contribution is -0.124. The fourth-order valence-corrected chi connectivity index (χ4v) is 3.97. The van der Waals surface area contributed by atoms with Crippen LogP contribution in [0.15, 0.2) is 24.3 Å². The van der Waals surface area contributed by atoms with Gasteiger partial charge in [-0.1, -0.05) is 26.0 Å². The Morgan fingerprint density at radius 2 is 1.77 bits per heavy atom. The molecular formula is C23H36N6O. The van der Waals surface area contributed by atoms with E-state index in [0.717, 1.165) is 57.3 Å². The highest BCUT2D eigenvalue weighted by molar-refractivity contribution is 5.78. The summed E-state index contributed by atoms with van der Waals surface area (Å²) in [5.41, 5.74) is 2.62. The van der Waals surface area contributed by atoms with Crippen LogP contribution in [0.25, 0.3) is 0 Å². The van der Waals surface area contributed by atoms with Crippen LogP contribution in [0.5, 0.6) is 0 Å². The zero-order valence-corrected chi connectivity index (χ0v) is 19.1. The molecule has 0 bridgehead atoms. The van der Waals surface area contributed by atoms with Gasteiger partial charge in [0.05, 0.1) is 6.04 Å². The molecule has 2 heterocycles. The monoisotopic (exact) mass is 412 g/mol. The first-order chi connectivity index (χ1) is 14.4. The summed E-state index contributed by atoms with van der Waals surface area (Å²) in [7, 11) is 0. The second-order valence-electron chi connectivity index (χ2n) is 8.38. The molecule has 0 fully saturated rings. The zero-order chi connectivity index (χ0) is 21.7. The van der Waals surface area contributed by atoms with Crippen molar-refractivity contribution in [3.63, 3.8) is 0 Å². The summed E-state index contributed by atoms with van der Waals surface area (Å²) < 4.78 is 2.19. The molecule has 3 rings (SSSR count). The second kappa shape index (κ2) is 10.1. The van der Waals surface area contributed by atoms with E-state index >= 15 is 0 Å². The number of carbonyl (C=O) groups is 1. The summed E-state index contributed by atoms with van der Waals surface area (Å²) in [6.45, 7) is 15.9. The number of hydrogen-bond donors (Lipinski definition) is 1. The minimum absolute atomic E-state index is 0.0393. The van der Waals surface area contributed by atoms with Crippen LogP contribution in [-0.2, 0) is 24.3 Å². The number of fused-ring (bicyclic) bond motifs is 1. The molecule has 30 heavy (non-hydrogen) atoms. The lowest BCUT2D eigenvalue weighted by atomic mass is 10.1. The normalized spacial score (nSPS) is 15.5. The van der Waals surface area contributed by atoms with Gasteiger partial charge in [-0.05, 0) is 38.5 Å². The fraction of sp³-hybridized carbons (Fsp3) is 0.609. The van der Waals surface area contributed by atoms with E-state index in [1.165, 1.54) is 11.3 Å². The highest BCUT2D eigenvalue weighted by Crippen LogP contribution is 2.19. The lowest BCUT2D eigenvalue weighted by Crippen LogP contribution is -2.32. The molecule has 1 aliphatic heterocycles. The van der Waals surface area contributed by atoms with Crippen molar-refractivity contribution in [2.24, 2.45) is 5.92 Å². The number of nitrogens with zero attached hydrogens (tertiary/aromatic N) is 5. The fourth-order valence-electron chi connectivity index (χ4n) is 3.97. The Bertz CT molecular complexity index is 825. The Balaban J connectivity index is 1.62. The van der Waals surface area contributed by atoms with Crippen LogP contribution in [0.2, 0.25) is 0 Å². The quantitative estimate of drug-likeness (QED) is 0.722. The predicted molar refractivity (Wildman–Crippen MR) is 120 cm³/mol. The van der Waals surface area contributed by atoms with Crippen molar-refractivity contribution in [3.05, 3.63) is 41.5 Å². The van der Waals surface area contributed by atoms with Crippen LogP contribution in [0, 0.1) is 5.92 Å². The van der Waals surface area contributed by atoms with Crippen LogP contribution < -0.4 is 10.2 Å². The summed E-state index contributed by atoms with van der Waals surface area (Å²) in [6, 6.07) is 8.81. The molecule has 1 aromatic carbocycles. The minimum Gasteiger partial charge on any atom is -0.372 e. The SMILES string of the molecule is CCN(CC)c1ccc(CN2CCc3nnc(C(C)NC(=O)C(C)C)n3CC2)cc1. The molecule has 1 amide bonds. The number of nitrogens with one attached hydrogen (secondary N) is 1. The van der Waals surface area contributed by atoms with Gasteiger partial charge in [0.15, 0.2) is 5.82 Å². The van der Waals surface area contributed by atoms with Crippen molar-refractivity contribution < 1.29 is 4.79 Å². The Hall–Kier alpha value is -2.41. The van der Waals surface area contributed by atoms with Crippen molar-refractivity contribution >= 4 is 11.6 Å². The van der Waals surface area contributed by atoms with Gasteiger partial charge in [0.1, 0.15) is 5.82 Å². The van der Waals surface area contributed by atoms with Crippen molar-refractivity contribution in [2.45, 2.75) is 60.2 Å². The van der Waals surface area contributed by atoms with Crippen molar-refractivity contribution in [1.29, 1.82) is 0 Å². The molecule has 7 nitrogen and oxygen atoms in total. The van der Waals surface area contributed by atoms with Crippen LogP contribution in [0.3, 0.4) is 0 Å². The molecule has 164 valence electrons. The molecule has 1 aromatic heterocycles. The smallest absolute Gasteiger partial charge is 0.223 e. The number of hydrogen-bond acceptors (Lipinski definition) is 5. The summed E-state index contributed by atoms with van der Waals surface area (Å²) in [5.74, 6) is 1.87. The van der Waals surface area contributed by atoms with Gasteiger partial charge < -0.3 is 14.8 Å². The van der Waals surface area contributed by atoms with Crippen molar-refractivity contribution in [2.75, 3.05) is 31.1 Å². The molecule has 1 atom stereocenters. The highest BCUT2D eigenvalue weighted by atomic mass is 16.1. The van der Waals surface area contributed by atoms with Gasteiger partial charge in [-0.15, -0.1) is 10.2 Å². The molecule has 2 aromatic rings. The van der Waals surface area contributed by atoms with Gasteiger partial charge in [-0.2, -0.15) is 0 Å². The van der Waals surface area contributed by atoms with Gasteiger partial charge in [0.25, 0.3) is 0 Å². The van der Waals surface area contributed by atoms with E-state index in [9.17, 15) is 4.79 Å². The molecule has 1 N–H and O–H groups in total. The third-order valence-corrected chi connectivity index (χ3v) is 5.89. The van der Waals surface area contributed by atoms with E-state index in [1.807, 2.05) is 20.8 Å². The Kier molecular flexibility index (Phi) is 7.48. The summed E-state index contributed by atoms with van der Waals surface area (Å²) in [5, 5.41) is 11.8. The third kappa shape index (κ3) is 5.19. The molecule has 1 aliphatic rings. The van der Waals surface area contributed by atoms with Crippen LogP contribution >= 0.6 is 0 Å². The topological polar surface area (TPSA) is 66.3 Å². The zero-order valence-electron chi connectivity index (χ0n) is 19.1. The molecule has 0 saturated carbocycles. The van der Waals surface area contributed by atoms with E-state index in [2.05, 4.69) is 68.0 Å². The number of amides is 1. The van der Waals surface area contributed by atoms with E-state index in [4.69, 9.17) is 0 Å². The van der Waals surface area contributed by atoms with Crippen molar-refractivity contribution in [3.8, 4) is 0 Å². The average Bonchev–Trinajstić information content (AvgIpc) is 3.04. The number of rotatable bonds is 8. The standard InChI is InChI=1S/C23H36N6O/c1-6-28(7-2)20-10-8-19(9-11-20)16-27-13-12-21-25-26-22(29(21)15-14-27)18(5)24-23(30)17(3)4/h8-11,17-18H,6-7,12-16H2,1-5H3,(H,24,30). The van der Waals surface area contributed by atoms with E-state index < -0.39 is 0 Å². The first-order valence-electron chi connectivity index (χ1n) is 11.2. The molecule has 0 radical (unpaired) electrons. The Morgan fingerprint density at radius 1 is 1.07 bits per heavy atom. The molecule has 0 spiro atoms. The van der Waals surface area contributed by atoms with Gasteiger partial charge in [0, 0.05) is 57.3 Å². The first kappa shape index (κ1) is 22.3. The lowest BCUT2D eigenvalue weighted by Gasteiger charge is -2.23. The van der Waals surface area contributed by atoms with Crippen LogP contribution in [0.4, 0.5) is 5.69 Å². The maximum absolute atomic E-state index is 12.1. The van der Waals surface area contributed by atoms with Gasteiger partial charge in [0.2, 0.25) is 5.91 Å². The second-order valence-corrected chi connectivity index (χ2v) is 8.38. The maximum Gasteiger partial charge on any atom is 0.223 e. The summed E-state index contributed by atoms with van der Waals surface area (Å²) in [6.07, 6.45) is 0.870. The Morgan fingerprint density at radius 3 is 2.40 bits per heavy atom. The number of benzene rings is 1. The number of carbonyl (C=O) groups excluding carboxylic acids is 1. The molecule has 1 unspecified atom stereocenters. The van der Waals surface area contributed by atoms with Crippen LogP contribution in [0.1, 0.15) is 57.9 Å². The third-order valence-electron chi connectivity index (χ3n) is 5.89. The molecular weight excluding hydrogens is 376 g/mol. The number of anilines is 1. The Labute approximate surface area is 180 Å². The molecule has 7 heteroatoms. The average molecular weight is 413 g/mol. The highest BCUT2D eigenvalue weighted by Gasteiger charge is 2.23. The molecule has 0 aliphatic carbocycles. The number of aromatic nitrogens is 3.